The zero-order valence-electron chi connectivity index (χ0n) is 20.6. The van der Waals surface area contributed by atoms with Crippen LogP contribution in [0.5, 0.6) is 11.5 Å². The van der Waals surface area contributed by atoms with Crippen LogP contribution in [0.1, 0.15) is 42.2 Å². The summed E-state index contributed by atoms with van der Waals surface area (Å²) in [6.45, 7) is 5.06. The van der Waals surface area contributed by atoms with Crippen LogP contribution in [0.3, 0.4) is 0 Å². The highest BCUT2D eigenvalue weighted by Crippen LogP contribution is 2.34. The van der Waals surface area contributed by atoms with Crippen LogP contribution in [0.2, 0.25) is 0 Å². The molecule has 3 heterocycles. The van der Waals surface area contributed by atoms with Crippen LogP contribution < -0.4 is 10.5 Å². The largest absolute Gasteiger partial charge is 0.454 e. The van der Waals surface area contributed by atoms with E-state index in [1.807, 2.05) is 30.9 Å². The number of carbonyl (C=O) groups is 2. The van der Waals surface area contributed by atoms with Gasteiger partial charge in [0.05, 0.1) is 17.8 Å². The molecule has 0 saturated carbocycles. The molecule has 2 aromatic carbocycles. The topological polar surface area (TPSA) is 106 Å². The third-order valence-corrected chi connectivity index (χ3v) is 6.74. The van der Waals surface area contributed by atoms with Crippen LogP contribution in [0.4, 0.5) is 4.39 Å². The smallest absolute Gasteiger partial charge is 0.269 e. The molecular weight excluding hydrogens is 473 g/mol. The molecule has 1 fully saturated rings. The molecule has 5 rings (SSSR count). The number of benzene rings is 2. The molecule has 3 N–H and O–H groups in total. The Morgan fingerprint density at radius 1 is 1.22 bits per heavy atom. The van der Waals surface area contributed by atoms with Gasteiger partial charge in [-0.3, -0.25) is 9.59 Å². The predicted octanol–water partition coefficient (Wildman–Crippen LogP) is 4.89. The van der Waals surface area contributed by atoms with Crippen LogP contribution in [0.15, 0.2) is 66.9 Å². The second kappa shape index (κ2) is 9.93. The summed E-state index contributed by atoms with van der Waals surface area (Å²) in [7, 11) is 0. The zero-order chi connectivity index (χ0) is 26.1. The molecule has 190 valence electrons. The second-order valence-corrected chi connectivity index (χ2v) is 9.21. The number of carbonyl (C=O) groups excluding carboxylic acids is 2. The molecule has 4 aromatic rings. The number of para-hydroxylation sites is 1. The van der Waals surface area contributed by atoms with E-state index in [0.717, 1.165) is 12.0 Å². The van der Waals surface area contributed by atoms with Gasteiger partial charge >= 0.3 is 0 Å². The number of amides is 2. The van der Waals surface area contributed by atoms with Gasteiger partial charge in [-0.1, -0.05) is 31.2 Å². The lowest BCUT2D eigenvalue weighted by molar-refractivity contribution is -0.132. The summed E-state index contributed by atoms with van der Waals surface area (Å²) in [4.78, 5) is 30.4. The third-order valence-electron chi connectivity index (χ3n) is 6.74. The summed E-state index contributed by atoms with van der Waals surface area (Å²) >= 11 is 0. The summed E-state index contributed by atoms with van der Waals surface area (Å²) < 4.78 is 21.1. The molecule has 8 nitrogen and oxygen atoms in total. The quantitative estimate of drug-likeness (QED) is 0.352. The summed E-state index contributed by atoms with van der Waals surface area (Å²) in [5, 5.41) is 4.45. The SMILES string of the molecule is C/C=C/C(C)C(=O)N1CCC(c2cnn3c(C(N)=O)c(-c4ccc(Oc5ccccc5F)cc4)[nH]c23)C1. The normalized spacial score (nSPS) is 16.5. The molecule has 37 heavy (non-hydrogen) atoms. The molecule has 0 aliphatic carbocycles. The van der Waals surface area contributed by atoms with Gasteiger partial charge in [0.2, 0.25) is 5.91 Å². The fraction of sp³-hybridized carbons (Fsp3) is 0.250. The van der Waals surface area contributed by atoms with Crippen LogP contribution in [-0.2, 0) is 4.79 Å². The highest BCUT2D eigenvalue weighted by Gasteiger charge is 2.32. The maximum absolute atomic E-state index is 13.9. The molecule has 2 atom stereocenters. The molecule has 9 heteroatoms. The molecule has 0 radical (unpaired) electrons. The van der Waals surface area contributed by atoms with Gasteiger partial charge in [-0.15, -0.1) is 0 Å². The van der Waals surface area contributed by atoms with Crippen molar-refractivity contribution < 1.29 is 18.7 Å². The summed E-state index contributed by atoms with van der Waals surface area (Å²) in [5.41, 5.74) is 8.83. The predicted molar refractivity (Wildman–Crippen MR) is 138 cm³/mol. The molecule has 2 unspecified atom stereocenters. The zero-order valence-corrected chi connectivity index (χ0v) is 20.6. The first-order valence-corrected chi connectivity index (χ1v) is 12.2. The van der Waals surface area contributed by atoms with Gasteiger partial charge in [-0.2, -0.15) is 5.10 Å². The number of fused-ring (bicyclic) bond motifs is 1. The number of likely N-dealkylation sites (tertiary alicyclic amines) is 1. The fourth-order valence-electron chi connectivity index (χ4n) is 4.89. The van der Waals surface area contributed by atoms with E-state index in [1.165, 1.54) is 10.6 Å². The highest BCUT2D eigenvalue weighted by molar-refractivity contribution is 5.98. The number of allylic oxidation sites excluding steroid dienone is 1. The Morgan fingerprint density at radius 3 is 2.68 bits per heavy atom. The number of H-pyrrole nitrogens is 1. The van der Waals surface area contributed by atoms with Crippen molar-refractivity contribution in [3.8, 4) is 22.8 Å². The minimum Gasteiger partial charge on any atom is -0.454 e. The van der Waals surface area contributed by atoms with Gasteiger partial charge in [0, 0.05) is 30.1 Å². The lowest BCUT2D eigenvalue weighted by atomic mass is 10.0. The van der Waals surface area contributed by atoms with E-state index >= 15 is 0 Å². The van der Waals surface area contributed by atoms with E-state index in [1.54, 1.807) is 48.7 Å². The number of aromatic nitrogens is 3. The number of aromatic amines is 1. The van der Waals surface area contributed by atoms with Gasteiger partial charge in [-0.25, -0.2) is 8.91 Å². The Kier molecular flexibility index (Phi) is 6.52. The number of nitrogens with one attached hydrogen (secondary N) is 1. The number of rotatable bonds is 7. The van der Waals surface area contributed by atoms with Crippen molar-refractivity contribution in [1.29, 1.82) is 0 Å². The molecule has 1 aliphatic rings. The minimum atomic E-state index is -0.619. The molecule has 0 bridgehead atoms. The molecule has 0 spiro atoms. The standard InChI is InChI=1S/C28H28FN5O3/c1-3-6-17(2)28(36)33-14-13-19(16-33)21-15-31-34-25(26(30)35)24(32-27(21)34)18-9-11-20(12-10-18)37-23-8-5-4-7-22(23)29/h3-12,15,17,19,32H,13-14,16H2,1-2H3,(H2,30,35)/b6-3+. The number of hydrogen-bond acceptors (Lipinski definition) is 4. The Labute approximate surface area is 213 Å². The van der Waals surface area contributed by atoms with Gasteiger partial charge in [0.15, 0.2) is 17.3 Å². The van der Waals surface area contributed by atoms with Crippen molar-refractivity contribution in [3.63, 3.8) is 0 Å². The summed E-state index contributed by atoms with van der Waals surface area (Å²) in [5.74, 6) is -0.473. The minimum absolute atomic E-state index is 0.0861. The Balaban J connectivity index is 1.43. The van der Waals surface area contributed by atoms with Crippen molar-refractivity contribution in [2.45, 2.75) is 26.2 Å². The van der Waals surface area contributed by atoms with E-state index in [0.29, 0.717) is 35.7 Å². The molecule has 1 aliphatic heterocycles. The maximum Gasteiger partial charge on any atom is 0.269 e. The van der Waals surface area contributed by atoms with Crippen molar-refractivity contribution in [2.24, 2.45) is 11.7 Å². The number of nitrogens with two attached hydrogens (primary N) is 1. The Morgan fingerprint density at radius 2 is 1.97 bits per heavy atom. The average Bonchev–Trinajstić information content (AvgIpc) is 3.61. The first-order chi connectivity index (χ1) is 17.9. The van der Waals surface area contributed by atoms with Gasteiger partial charge in [-0.05, 0) is 49.7 Å². The summed E-state index contributed by atoms with van der Waals surface area (Å²) in [6, 6.07) is 13.1. The van der Waals surface area contributed by atoms with E-state index in [4.69, 9.17) is 10.5 Å². The van der Waals surface area contributed by atoms with E-state index in [2.05, 4.69) is 10.1 Å². The third kappa shape index (κ3) is 4.60. The first kappa shape index (κ1) is 24.3. The number of imidazole rings is 1. The monoisotopic (exact) mass is 501 g/mol. The van der Waals surface area contributed by atoms with Crippen LogP contribution in [0.25, 0.3) is 16.9 Å². The number of nitrogens with zero attached hydrogens (tertiary/aromatic N) is 3. The summed E-state index contributed by atoms with van der Waals surface area (Å²) in [6.07, 6.45) is 6.33. The van der Waals surface area contributed by atoms with E-state index in [9.17, 15) is 14.0 Å². The van der Waals surface area contributed by atoms with Crippen molar-refractivity contribution in [1.82, 2.24) is 19.5 Å². The van der Waals surface area contributed by atoms with E-state index in [-0.39, 0.29) is 29.2 Å². The van der Waals surface area contributed by atoms with Crippen molar-refractivity contribution in [3.05, 3.63) is 84.0 Å². The molecule has 1 saturated heterocycles. The van der Waals surface area contributed by atoms with Gasteiger partial charge in [0.1, 0.15) is 11.4 Å². The molecule has 2 amide bonds. The fourth-order valence-corrected chi connectivity index (χ4v) is 4.89. The average molecular weight is 502 g/mol. The number of hydrogen-bond donors (Lipinski definition) is 2. The number of halogens is 1. The van der Waals surface area contributed by atoms with E-state index < -0.39 is 11.7 Å². The lowest BCUT2D eigenvalue weighted by Crippen LogP contribution is -2.32. The maximum atomic E-state index is 13.9. The van der Waals surface area contributed by atoms with Crippen LogP contribution >= 0.6 is 0 Å². The van der Waals surface area contributed by atoms with Crippen molar-refractivity contribution >= 4 is 17.5 Å². The Bertz CT molecular complexity index is 1490. The molecular formula is C28H28FN5O3. The van der Waals surface area contributed by atoms with Crippen LogP contribution in [-0.4, -0.2) is 44.4 Å². The van der Waals surface area contributed by atoms with Gasteiger partial charge in [0.25, 0.3) is 5.91 Å². The Hall–Kier alpha value is -4.40. The first-order valence-electron chi connectivity index (χ1n) is 12.2. The number of ether oxygens (including phenoxy) is 1. The van der Waals surface area contributed by atoms with Crippen LogP contribution in [0, 0.1) is 11.7 Å². The molecule has 2 aromatic heterocycles. The second-order valence-electron chi connectivity index (χ2n) is 9.21. The van der Waals surface area contributed by atoms with Gasteiger partial charge < -0.3 is 20.4 Å². The number of primary amides is 1. The highest BCUT2D eigenvalue weighted by atomic mass is 19.1. The van der Waals surface area contributed by atoms with Crippen molar-refractivity contribution in [2.75, 3.05) is 13.1 Å². The lowest BCUT2D eigenvalue weighted by Gasteiger charge is -2.19.